The SMILES string of the molecule is COC(=O)NC(C(=O)N1CCCN(c2ccc(Cl)c(Cl)c2)CC1)C(C)C. The van der Waals surface area contributed by atoms with E-state index in [1.54, 1.807) is 11.0 Å². The minimum atomic E-state index is -0.598. The number of carbonyl (C=O) groups is 2. The summed E-state index contributed by atoms with van der Waals surface area (Å²) in [5.41, 5.74) is 0.988. The Hall–Kier alpha value is -1.66. The number of hydrogen-bond acceptors (Lipinski definition) is 4. The summed E-state index contributed by atoms with van der Waals surface area (Å²) in [5.74, 6) is -0.114. The molecule has 8 heteroatoms. The largest absolute Gasteiger partial charge is 0.453 e. The van der Waals surface area contributed by atoms with Gasteiger partial charge in [0.15, 0.2) is 0 Å². The first kappa shape index (κ1) is 20.6. The second kappa shape index (κ2) is 9.33. The van der Waals surface area contributed by atoms with Crippen LogP contribution in [0.5, 0.6) is 0 Å². The molecule has 144 valence electrons. The van der Waals surface area contributed by atoms with Crippen LogP contribution in [0.25, 0.3) is 0 Å². The van der Waals surface area contributed by atoms with Crippen LogP contribution >= 0.6 is 23.2 Å². The van der Waals surface area contributed by atoms with Crippen LogP contribution in [0.3, 0.4) is 0 Å². The molecule has 0 radical (unpaired) electrons. The van der Waals surface area contributed by atoms with Crippen molar-refractivity contribution in [2.75, 3.05) is 38.2 Å². The predicted octanol–water partition coefficient (Wildman–Crippen LogP) is 3.41. The molecular weight excluding hydrogens is 377 g/mol. The van der Waals surface area contributed by atoms with E-state index < -0.39 is 12.1 Å². The van der Waals surface area contributed by atoms with E-state index in [1.165, 1.54) is 7.11 Å². The van der Waals surface area contributed by atoms with Crippen LogP contribution in [0.4, 0.5) is 10.5 Å². The molecule has 26 heavy (non-hydrogen) atoms. The van der Waals surface area contributed by atoms with Crippen molar-refractivity contribution < 1.29 is 14.3 Å². The van der Waals surface area contributed by atoms with E-state index in [-0.39, 0.29) is 11.8 Å². The normalized spacial score (nSPS) is 16.2. The molecule has 1 aromatic carbocycles. The second-order valence-electron chi connectivity index (χ2n) is 6.62. The molecule has 2 amide bonds. The van der Waals surface area contributed by atoms with Crippen molar-refractivity contribution >= 4 is 40.9 Å². The Morgan fingerprint density at radius 3 is 2.46 bits per heavy atom. The van der Waals surface area contributed by atoms with Crippen molar-refractivity contribution in [3.63, 3.8) is 0 Å². The summed E-state index contributed by atoms with van der Waals surface area (Å²) >= 11 is 12.1. The summed E-state index contributed by atoms with van der Waals surface area (Å²) < 4.78 is 4.64. The van der Waals surface area contributed by atoms with Gasteiger partial charge in [-0.25, -0.2) is 4.79 Å². The summed E-state index contributed by atoms with van der Waals surface area (Å²) in [6.07, 6.45) is 0.235. The Morgan fingerprint density at radius 1 is 1.12 bits per heavy atom. The Balaban J connectivity index is 2.05. The van der Waals surface area contributed by atoms with E-state index in [0.717, 1.165) is 18.7 Å². The molecule has 6 nitrogen and oxygen atoms in total. The van der Waals surface area contributed by atoms with Crippen molar-refractivity contribution in [2.24, 2.45) is 5.92 Å². The number of benzene rings is 1. The van der Waals surface area contributed by atoms with Gasteiger partial charge in [0.05, 0.1) is 17.2 Å². The highest BCUT2D eigenvalue weighted by Crippen LogP contribution is 2.27. The van der Waals surface area contributed by atoms with Crippen molar-refractivity contribution in [1.29, 1.82) is 0 Å². The second-order valence-corrected chi connectivity index (χ2v) is 7.44. The first-order valence-electron chi connectivity index (χ1n) is 8.66. The molecule has 0 spiro atoms. The van der Waals surface area contributed by atoms with Crippen LogP contribution in [0, 0.1) is 5.92 Å². The maximum atomic E-state index is 12.9. The lowest BCUT2D eigenvalue weighted by Crippen LogP contribution is -2.52. The Labute approximate surface area is 164 Å². The molecule has 1 aliphatic heterocycles. The Kier molecular flexibility index (Phi) is 7.41. The molecule has 1 unspecified atom stereocenters. The number of ether oxygens (including phenoxy) is 1. The summed E-state index contributed by atoms with van der Waals surface area (Å²) in [4.78, 5) is 28.4. The van der Waals surface area contributed by atoms with Crippen LogP contribution in [-0.2, 0) is 9.53 Å². The van der Waals surface area contributed by atoms with Gasteiger partial charge in [-0.1, -0.05) is 37.0 Å². The standard InChI is InChI=1S/C18H25Cl2N3O3/c1-12(2)16(21-18(25)26-3)17(24)23-8-4-7-22(9-10-23)13-5-6-14(19)15(20)11-13/h5-6,11-12,16H,4,7-10H2,1-3H3,(H,21,25). The topological polar surface area (TPSA) is 61.9 Å². The zero-order valence-corrected chi connectivity index (χ0v) is 16.8. The molecule has 0 aromatic heterocycles. The predicted molar refractivity (Wildman–Crippen MR) is 104 cm³/mol. The average molecular weight is 402 g/mol. The molecule has 1 N–H and O–H groups in total. The first-order valence-corrected chi connectivity index (χ1v) is 9.42. The van der Waals surface area contributed by atoms with Gasteiger partial charge in [-0.3, -0.25) is 4.79 Å². The molecule has 1 saturated heterocycles. The molecule has 1 aliphatic rings. The van der Waals surface area contributed by atoms with Gasteiger partial charge in [-0.2, -0.15) is 0 Å². The van der Waals surface area contributed by atoms with Crippen LogP contribution in [0.2, 0.25) is 10.0 Å². The molecule has 1 aromatic rings. The number of anilines is 1. The van der Waals surface area contributed by atoms with Gasteiger partial charge >= 0.3 is 6.09 Å². The zero-order valence-electron chi connectivity index (χ0n) is 15.3. The van der Waals surface area contributed by atoms with E-state index in [9.17, 15) is 9.59 Å². The van der Waals surface area contributed by atoms with Crippen molar-refractivity contribution in [1.82, 2.24) is 10.2 Å². The highest BCUT2D eigenvalue weighted by molar-refractivity contribution is 6.42. The lowest BCUT2D eigenvalue weighted by Gasteiger charge is -2.29. The number of amides is 2. The zero-order chi connectivity index (χ0) is 19.3. The molecule has 0 aliphatic carbocycles. The van der Waals surface area contributed by atoms with Crippen LogP contribution in [0.1, 0.15) is 20.3 Å². The minimum Gasteiger partial charge on any atom is -0.453 e. The van der Waals surface area contributed by atoms with Crippen LogP contribution in [0.15, 0.2) is 18.2 Å². The summed E-state index contributed by atoms with van der Waals surface area (Å²) in [6, 6.07) is 4.96. The van der Waals surface area contributed by atoms with E-state index in [1.807, 2.05) is 26.0 Å². The van der Waals surface area contributed by atoms with Crippen molar-refractivity contribution in [3.8, 4) is 0 Å². The van der Waals surface area contributed by atoms with Crippen LogP contribution in [-0.4, -0.2) is 56.2 Å². The fourth-order valence-electron chi connectivity index (χ4n) is 2.97. The molecule has 0 saturated carbocycles. The lowest BCUT2D eigenvalue weighted by molar-refractivity contribution is -0.134. The summed E-state index contributed by atoms with van der Waals surface area (Å²) in [7, 11) is 1.29. The molecule has 1 fully saturated rings. The number of methoxy groups -OCH3 is 1. The van der Waals surface area contributed by atoms with Gasteiger partial charge in [0, 0.05) is 31.9 Å². The number of hydrogen-bond donors (Lipinski definition) is 1. The Bertz CT molecular complexity index is 655. The highest BCUT2D eigenvalue weighted by atomic mass is 35.5. The minimum absolute atomic E-state index is 0.0315. The number of rotatable bonds is 4. The third-order valence-corrected chi connectivity index (χ3v) is 5.21. The van der Waals surface area contributed by atoms with Crippen LogP contribution < -0.4 is 10.2 Å². The van der Waals surface area contributed by atoms with E-state index in [4.69, 9.17) is 23.2 Å². The number of alkyl carbamates (subject to hydrolysis) is 1. The summed E-state index contributed by atoms with van der Waals surface area (Å²) in [6.45, 7) is 6.52. The maximum absolute atomic E-state index is 12.9. The van der Waals surface area contributed by atoms with Gasteiger partial charge in [-0.15, -0.1) is 0 Å². The van der Waals surface area contributed by atoms with Crippen molar-refractivity contribution in [2.45, 2.75) is 26.3 Å². The van der Waals surface area contributed by atoms with Gasteiger partial charge in [-0.05, 0) is 30.5 Å². The third kappa shape index (κ3) is 5.17. The molecule has 2 rings (SSSR count). The van der Waals surface area contributed by atoms with E-state index >= 15 is 0 Å². The number of halogens is 2. The highest BCUT2D eigenvalue weighted by Gasteiger charge is 2.30. The lowest BCUT2D eigenvalue weighted by atomic mass is 10.0. The average Bonchev–Trinajstić information content (AvgIpc) is 2.87. The molecule has 1 atom stereocenters. The van der Waals surface area contributed by atoms with Gasteiger partial charge in [0.2, 0.25) is 5.91 Å². The van der Waals surface area contributed by atoms with Gasteiger partial charge < -0.3 is 19.9 Å². The van der Waals surface area contributed by atoms with E-state index in [2.05, 4.69) is 15.0 Å². The van der Waals surface area contributed by atoms with Gasteiger partial charge in [0.1, 0.15) is 6.04 Å². The maximum Gasteiger partial charge on any atom is 0.407 e. The van der Waals surface area contributed by atoms with E-state index in [0.29, 0.717) is 29.7 Å². The first-order chi connectivity index (χ1) is 12.3. The number of nitrogens with zero attached hydrogens (tertiary/aromatic N) is 2. The van der Waals surface area contributed by atoms with Gasteiger partial charge in [0.25, 0.3) is 0 Å². The monoisotopic (exact) mass is 401 g/mol. The molecular formula is C18H25Cl2N3O3. The molecule has 1 heterocycles. The quantitative estimate of drug-likeness (QED) is 0.839. The number of carbonyl (C=O) groups excluding carboxylic acids is 2. The molecule has 0 bridgehead atoms. The fourth-order valence-corrected chi connectivity index (χ4v) is 3.27. The summed E-state index contributed by atoms with van der Waals surface area (Å²) in [5, 5.41) is 3.68. The number of nitrogens with one attached hydrogen (secondary N) is 1. The third-order valence-electron chi connectivity index (χ3n) is 4.47. The fraction of sp³-hybridized carbons (Fsp3) is 0.556. The van der Waals surface area contributed by atoms with Crippen molar-refractivity contribution in [3.05, 3.63) is 28.2 Å². The Morgan fingerprint density at radius 2 is 1.85 bits per heavy atom. The smallest absolute Gasteiger partial charge is 0.407 e.